The van der Waals surface area contributed by atoms with Crippen LogP contribution in [0.4, 0.5) is 18.9 Å². The molecule has 1 saturated heterocycles. The molecule has 0 amide bonds. The fraction of sp³-hybridized carbons (Fsp3) is 0.385. The Bertz CT molecular complexity index is 975. The van der Waals surface area contributed by atoms with Crippen molar-refractivity contribution in [1.82, 2.24) is 4.90 Å². The predicted molar refractivity (Wildman–Crippen MR) is 130 cm³/mol. The van der Waals surface area contributed by atoms with Gasteiger partial charge < -0.3 is 19.8 Å². The third kappa shape index (κ3) is 10.9. The number of carboxylic acid groups (broad SMARTS) is 2. The largest absolute Gasteiger partial charge is 0.478 e. The van der Waals surface area contributed by atoms with Crippen molar-refractivity contribution in [2.45, 2.75) is 19.7 Å². The van der Waals surface area contributed by atoms with Gasteiger partial charge in [0, 0.05) is 50.6 Å². The normalized spacial score (nSPS) is 15.3. The molecular formula is C26H31F3N2O5. The summed E-state index contributed by atoms with van der Waals surface area (Å²) >= 11 is 0. The first-order chi connectivity index (χ1) is 17.0. The Morgan fingerprint density at radius 3 is 2.14 bits per heavy atom. The molecule has 196 valence electrons. The molecule has 0 aromatic heterocycles. The van der Waals surface area contributed by atoms with Crippen molar-refractivity contribution >= 4 is 17.6 Å². The monoisotopic (exact) mass is 508 g/mol. The molecule has 0 radical (unpaired) electrons. The van der Waals surface area contributed by atoms with Crippen LogP contribution in [0.3, 0.4) is 0 Å². The summed E-state index contributed by atoms with van der Waals surface area (Å²) in [6.07, 6.45) is -3.18. The molecule has 7 nitrogen and oxygen atoms in total. The number of benzene rings is 2. The maximum absolute atomic E-state index is 12.9. The zero-order valence-electron chi connectivity index (χ0n) is 20.0. The first-order valence-corrected chi connectivity index (χ1v) is 11.4. The number of nitrogens with zero attached hydrogens (tertiary/aromatic N) is 2. The first-order valence-electron chi connectivity index (χ1n) is 11.4. The summed E-state index contributed by atoms with van der Waals surface area (Å²) < 4.78 is 44.6. The van der Waals surface area contributed by atoms with E-state index in [4.69, 9.17) is 14.9 Å². The Balaban J connectivity index is 0.000000493. The number of ether oxygens (including phenoxy) is 1. The number of carboxylic acids is 2. The van der Waals surface area contributed by atoms with Crippen LogP contribution < -0.4 is 4.90 Å². The van der Waals surface area contributed by atoms with Crippen LogP contribution in [-0.4, -0.2) is 66.4 Å². The van der Waals surface area contributed by atoms with E-state index in [-0.39, 0.29) is 0 Å². The number of hydrogen-bond donors (Lipinski definition) is 2. The quantitative estimate of drug-likeness (QED) is 0.486. The van der Waals surface area contributed by atoms with Crippen LogP contribution in [-0.2, 0) is 27.1 Å². The second kappa shape index (κ2) is 14.3. The third-order valence-electron chi connectivity index (χ3n) is 5.36. The average molecular weight is 509 g/mol. The van der Waals surface area contributed by atoms with Gasteiger partial charge in [0.05, 0.1) is 18.8 Å². The van der Waals surface area contributed by atoms with Gasteiger partial charge in [-0.25, -0.2) is 9.59 Å². The molecule has 0 spiro atoms. The van der Waals surface area contributed by atoms with Crippen molar-refractivity contribution in [3.8, 4) is 0 Å². The summed E-state index contributed by atoms with van der Waals surface area (Å²) in [6, 6.07) is 15.7. The van der Waals surface area contributed by atoms with Crippen LogP contribution in [0, 0.1) is 5.92 Å². The fourth-order valence-corrected chi connectivity index (χ4v) is 3.66. The van der Waals surface area contributed by atoms with Crippen molar-refractivity contribution in [2.24, 2.45) is 5.92 Å². The third-order valence-corrected chi connectivity index (χ3v) is 5.36. The van der Waals surface area contributed by atoms with Gasteiger partial charge >= 0.3 is 18.1 Å². The van der Waals surface area contributed by atoms with E-state index in [2.05, 4.69) is 24.0 Å². The molecule has 0 saturated carbocycles. The van der Waals surface area contributed by atoms with Crippen molar-refractivity contribution in [3.63, 3.8) is 0 Å². The lowest BCUT2D eigenvalue weighted by Gasteiger charge is -2.37. The Morgan fingerprint density at radius 2 is 1.58 bits per heavy atom. The maximum atomic E-state index is 12.9. The second-order valence-electron chi connectivity index (χ2n) is 8.45. The van der Waals surface area contributed by atoms with E-state index in [9.17, 15) is 22.8 Å². The number of piperazine rings is 1. The number of halogens is 3. The van der Waals surface area contributed by atoms with Crippen molar-refractivity contribution in [3.05, 3.63) is 77.9 Å². The Morgan fingerprint density at radius 1 is 0.972 bits per heavy atom. The van der Waals surface area contributed by atoms with E-state index < -0.39 is 23.7 Å². The van der Waals surface area contributed by atoms with Gasteiger partial charge in [0.2, 0.25) is 0 Å². The number of carbonyl (C=O) groups is 2. The summed E-state index contributed by atoms with van der Waals surface area (Å²) in [5.41, 5.74) is 1.23. The van der Waals surface area contributed by atoms with Gasteiger partial charge in [0.15, 0.2) is 0 Å². The smallest absolute Gasteiger partial charge is 0.416 e. The highest BCUT2D eigenvalue weighted by molar-refractivity contribution is 5.89. The van der Waals surface area contributed by atoms with Crippen LogP contribution >= 0.6 is 0 Å². The Hall–Kier alpha value is -3.37. The molecule has 1 fully saturated rings. The minimum absolute atomic E-state index is 0.406. The molecule has 2 N–H and O–H groups in total. The molecule has 1 unspecified atom stereocenters. The Kier molecular flexibility index (Phi) is 11.4. The van der Waals surface area contributed by atoms with Gasteiger partial charge in [-0.2, -0.15) is 13.2 Å². The van der Waals surface area contributed by atoms with Gasteiger partial charge in [0.25, 0.3) is 0 Å². The second-order valence-corrected chi connectivity index (χ2v) is 8.45. The number of alkyl halides is 3. The fourth-order valence-electron chi connectivity index (χ4n) is 3.66. The molecule has 1 aliphatic rings. The van der Waals surface area contributed by atoms with Crippen LogP contribution in [0.15, 0.2) is 66.7 Å². The highest BCUT2D eigenvalue weighted by Gasteiger charge is 2.31. The highest BCUT2D eigenvalue weighted by atomic mass is 19.4. The molecule has 0 aliphatic carbocycles. The van der Waals surface area contributed by atoms with Crippen molar-refractivity contribution in [1.29, 1.82) is 0 Å². The molecular weight excluding hydrogens is 477 g/mol. The molecule has 2 aromatic rings. The topological polar surface area (TPSA) is 90.3 Å². The molecule has 3 rings (SSSR count). The number of aliphatic carboxylic acids is 2. The molecule has 1 atom stereocenters. The lowest BCUT2D eigenvalue weighted by atomic mass is 10.1. The summed E-state index contributed by atoms with van der Waals surface area (Å²) in [4.78, 5) is 23.5. The van der Waals surface area contributed by atoms with Crippen LogP contribution in [0.25, 0.3) is 0 Å². The van der Waals surface area contributed by atoms with Crippen LogP contribution in [0.1, 0.15) is 18.1 Å². The number of rotatable bonds is 9. The molecule has 36 heavy (non-hydrogen) atoms. The van der Waals surface area contributed by atoms with Gasteiger partial charge in [-0.3, -0.25) is 4.90 Å². The predicted octanol–water partition coefficient (Wildman–Crippen LogP) is 4.39. The molecule has 10 heteroatoms. The van der Waals surface area contributed by atoms with Gasteiger partial charge in [-0.15, -0.1) is 0 Å². The maximum Gasteiger partial charge on any atom is 0.416 e. The van der Waals surface area contributed by atoms with Crippen molar-refractivity contribution in [2.75, 3.05) is 44.2 Å². The molecule has 1 heterocycles. The van der Waals surface area contributed by atoms with E-state index in [0.29, 0.717) is 37.0 Å². The minimum atomic E-state index is -4.30. The van der Waals surface area contributed by atoms with E-state index >= 15 is 0 Å². The van der Waals surface area contributed by atoms with Crippen LogP contribution in [0.5, 0.6) is 0 Å². The van der Waals surface area contributed by atoms with E-state index in [0.717, 1.165) is 38.8 Å². The lowest BCUT2D eigenvalue weighted by Crippen LogP contribution is -2.48. The summed E-state index contributed by atoms with van der Waals surface area (Å²) in [5, 5.41) is 15.6. The summed E-state index contributed by atoms with van der Waals surface area (Å²) in [7, 11) is 0. The number of anilines is 1. The standard InChI is InChI=1S/C22H27F3N2O.C4H4O4/c1-18(16-28-17-19-6-3-2-4-7-19)15-26-10-12-27(13-11-26)21-9-5-8-20(14-21)22(23,24)25;5-3(6)1-2-4(7)8/h2-9,14,18H,10-13,15-17H2,1H3;1-2H,(H,5,6)(H,7,8). The van der Waals surface area contributed by atoms with E-state index in [1.807, 2.05) is 23.1 Å². The molecule has 1 aliphatic heterocycles. The molecule has 0 bridgehead atoms. The zero-order chi connectivity index (χ0) is 26.6. The summed E-state index contributed by atoms with van der Waals surface area (Å²) in [6.45, 7) is 7.59. The van der Waals surface area contributed by atoms with E-state index in [1.54, 1.807) is 6.07 Å². The lowest BCUT2D eigenvalue weighted by molar-refractivity contribution is -0.137. The minimum Gasteiger partial charge on any atom is -0.478 e. The highest BCUT2D eigenvalue weighted by Crippen LogP contribution is 2.31. The van der Waals surface area contributed by atoms with Gasteiger partial charge in [-0.05, 0) is 29.7 Å². The first kappa shape index (κ1) is 28.9. The van der Waals surface area contributed by atoms with Crippen molar-refractivity contribution < 1.29 is 37.7 Å². The van der Waals surface area contributed by atoms with Gasteiger partial charge in [0.1, 0.15) is 0 Å². The van der Waals surface area contributed by atoms with Crippen LogP contribution in [0.2, 0.25) is 0 Å². The molecule has 2 aromatic carbocycles. The van der Waals surface area contributed by atoms with Gasteiger partial charge in [-0.1, -0.05) is 43.3 Å². The Labute approximate surface area is 208 Å². The van der Waals surface area contributed by atoms with E-state index in [1.165, 1.54) is 17.7 Å². The average Bonchev–Trinajstić information content (AvgIpc) is 2.84. The number of hydrogen-bond acceptors (Lipinski definition) is 5. The zero-order valence-corrected chi connectivity index (χ0v) is 20.0. The summed E-state index contributed by atoms with van der Waals surface area (Å²) in [5.74, 6) is -2.11. The SMILES string of the molecule is CC(COCc1ccccc1)CN1CCN(c2cccc(C(F)(F)F)c2)CC1.O=C(O)C=CC(=O)O.